The highest BCUT2D eigenvalue weighted by Crippen LogP contribution is 2.41. The summed E-state index contributed by atoms with van der Waals surface area (Å²) in [6, 6.07) is 0. The van der Waals surface area contributed by atoms with E-state index < -0.39 is 0 Å². The molecule has 1 aliphatic heterocycles. The molecule has 2 rings (SSSR count). The summed E-state index contributed by atoms with van der Waals surface area (Å²) >= 11 is 0. The average Bonchev–Trinajstić information content (AvgIpc) is 2.30. The monoisotopic (exact) mass is 224 g/mol. The van der Waals surface area contributed by atoms with Gasteiger partial charge in [-0.25, -0.2) is 0 Å². The number of ketones is 1. The molecule has 92 valence electrons. The van der Waals surface area contributed by atoms with Gasteiger partial charge in [-0.1, -0.05) is 26.2 Å². The van der Waals surface area contributed by atoms with Crippen molar-refractivity contribution in [3.8, 4) is 0 Å². The Kier molecular flexibility index (Phi) is 4.01. The smallest absolute Gasteiger partial charge is 0.132 e. The second-order valence-corrected chi connectivity index (χ2v) is 5.55. The van der Waals surface area contributed by atoms with Crippen LogP contribution in [-0.4, -0.2) is 18.0 Å². The van der Waals surface area contributed by atoms with Crippen LogP contribution in [0.5, 0.6) is 0 Å². The van der Waals surface area contributed by atoms with Crippen LogP contribution in [-0.2, 0) is 9.53 Å². The van der Waals surface area contributed by atoms with Crippen molar-refractivity contribution in [2.24, 2.45) is 5.92 Å². The highest BCUT2D eigenvalue weighted by atomic mass is 16.5. The molecule has 16 heavy (non-hydrogen) atoms. The summed E-state index contributed by atoms with van der Waals surface area (Å²) in [4.78, 5) is 11.5. The fraction of sp³-hybridized carbons (Fsp3) is 0.929. The summed E-state index contributed by atoms with van der Waals surface area (Å²) in [5.41, 5.74) is 0.162. The zero-order chi connectivity index (χ0) is 11.4. The molecule has 0 aromatic rings. The highest BCUT2D eigenvalue weighted by Gasteiger charge is 2.38. The average molecular weight is 224 g/mol. The van der Waals surface area contributed by atoms with Crippen molar-refractivity contribution in [2.75, 3.05) is 6.61 Å². The molecule has 0 aromatic heterocycles. The number of carbonyl (C=O) groups excluding carboxylic acids is 1. The predicted molar refractivity (Wildman–Crippen MR) is 64.4 cm³/mol. The normalized spacial score (nSPS) is 29.2. The fourth-order valence-corrected chi connectivity index (χ4v) is 3.31. The van der Waals surface area contributed by atoms with E-state index in [0.717, 1.165) is 25.9 Å². The standard InChI is InChI=1S/C14H24O2/c1-2-13(15)10-12-6-9-16-14(11-12)7-4-3-5-8-14/h12H,2-11H2,1H3. The van der Waals surface area contributed by atoms with Gasteiger partial charge in [0, 0.05) is 19.4 Å². The molecular weight excluding hydrogens is 200 g/mol. The molecule has 0 amide bonds. The third-order valence-electron chi connectivity index (χ3n) is 4.27. The van der Waals surface area contributed by atoms with Crippen LogP contribution in [0.3, 0.4) is 0 Å². The minimum Gasteiger partial charge on any atom is -0.375 e. The number of Topliss-reactive ketones (excluding diaryl/α,β-unsaturated/α-hetero) is 1. The van der Waals surface area contributed by atoms with Crippen LogP contribution in [0.15, 0.2) is 0 Å². The summed E-state index contributed by atoms with van der Waals surface area (Å²) in [5.74, 6) is 1.03. The summed E-state index contributed by atoms with van der Waals surface area (Å²) < 4.78 is 6.04. The van der Waals surface area contributed by atoms with Gasteiger partial charge in [0.05, 0.1) is 5.60 Å². The van der Waals surface area contributed by atoms with Gasteiger partial charge in [-0.05, 0) is 31.6 Å². The third-order valence-corrected chi connectivity index (χ3v) is 4.27. The van der Waals surface area contributed by atoms with Gasteiger partial charge in [-0.3, -0.25) is 4.79 Å². The predicted octanol–water partition coefficient (Wildman–Crippen LogP) is 3.49. The van der Waals surface area contributed by atoms with Gasteiger partial charge in [-0.15, -0.1) is 0 Å². The molecule has 2 aliphatic rings. The van der Waals surface area contributed by atoms with Crippen LogP contribution in [0.2, 0.25) is 0 Å². The van der Waals surface area contributed by atoms with E-state index in [1.54, 1.807) is 0 Å². The molecule has 0 aromatic carbocycles. The van der Waals surface area contributed by atoms with Crippen LogP contribution >= 0.6 is 0 Å². The van der Waals surface area contributed by atoms with Crippen LogP contribution in [0.25, 0.3) is 0 Å². The van der Waals surface area contributed by atoms with Crippen molar-refractivity contribution in [3.05, 3.63) is 0 Å². The van der Waals surface area contributed by atoms with Gasteiger partial charge in [0.1, 0.15) is 5.78 Å². The topological polar surface area (TPSA) is 26.3 Å². The molecule has 2 heteroatoms. The number of ether oxygens (including phenoxy) is 1. The van der Waals surface area contributed by atoms with Gasteiger partial charge < -0.3 is 4.74 Å². The summed E-state index contributed by atoms with van der Waals surface area (Å²) in [6.07, 6.45) is 10.2. The lowest BCUT2D eigenvalue weighted by Gasteiger charge is -2.43. The van der Waals surface area contributed by atoms with Crippen molar-refractivity contribution in [1.82, 2.24) is 0 Å². The van der Waals surface area contributed by atoms with Crippen molar-refractivity contribution < 1.29 is 9.53 Å². The lowest BCUT2D eigenvalue weighted by atomic mass is 9.75. The first kappa shape index (κ1) is 12.1. The lowest BCUT2D eigenvalue weighted by Crippen LogP contribution is -2.41. The van der Waals surface area contributed by atoms with Crippen molar-refractivity contribution >= 4 is 5.78 Å². The second kappa shape index (κ2) is 5.31. The van der Waals surface area contributed by atoms with Gasteiger partial charge in [0.25, 0.3) is 0 Å². The van der Waals surface area contributed by atoms with Crippen molar-refractivity contribution in [3.63, 3.8) is 0 Å². The highest BCUT2D eigenvalue weighted by molar-refractivity contribution is 5.78. The Bertz CT molecular complexity index is 236. The molecule has 1 saturated carbocycles. The van der Waals surface area contributed by atoms with Crippen molar-refractivity contribution in [1.29, 1.82) is 0 Å². The van der Waals surface area contributed by atoms with Gasteiger partial charge in [0.15, 0.2) is 0 Å². The van der Waals surface area contributed by atoms with Gasteiger partial charge in [-0.2, -0.15) is 0 Å². The van der Waals surface area contributed by atoms with Gasteiger partial charge >= 0.3 is 0 Å². The van der Waals surface area contributed by atoms with E-state index in [9.17, 15) is 4.79 Å². The number of carbonyl (C=O) groups is 1. The molecule has 1 heterocycles. The Morgan fingerprint density at radius 3 is 2.75 bits per heavy atom. The maximum Gasteiger partial charge on any atom is 0.132 e. The van der Waals surface area contributed by atoms with E-state index in [4.69, 9.17) is 4.74 Å². The summed E-state index contributed by atoms with van der Waals surface area (Å²) in [6.45, 7) is 2.85. The Morgan fingerprint density at radius 1 is 1.31 bits per heavy atom. The SMILES string of the molecule is CCC(=O)CC1CCOC2(CCCCC2)C1. The second-order valence-electron chi connectivity index (χ2n) is 5.55. The first-order chi connectivity index (χ1) is 7.74. The molecule has 1 unspecified atom stereocenters. The molecule has 1 spiro atoms. The minimum absolute atomic E-state index is 0.162. The minimum atomic E-state index is 0.162. The van der Waals surface area contributed by atoms with Crippen molar-refractivity contribution in [2.45, 2.75) is 70.3 Å². The van der Waals surface area contributed by atoms with E-state index in [1.807, 2.05) is 6.92 Å². The molecule has 2 nitrogen and oxygen atoms in total. The number of hydrogen-bond acceptors (Lipinski definition) is 2. The van der Waals surface area contributed by atoms with E-state index in [0.29, 0.717) is 18.1 Å². The molecular formula is C14H24O2. The van der Waals surface area contributed by atoms with Crippen LogP contribution in [0.1, 0.15) is 64.7 Å². The maximum absolute atomic E-state index is 11.5. The fourth-order valence-electron chi connectivity index (χ4n) is 3.31. The Balaban J connectivity index is 1.90. The molecule has 1 atom stereocenters. The van der Waals surface area contributed by atoms with E-state index in [1.165, 1.54) is 32.1 Å². The first-order valence-electron chi connectivity index (χ1n) is 6.90. The van der Waals surface area contributed by atoms with Crippen LogP contribution in [0.4, 0.5) is 0 Å². The summed E-state index contributed by atoms with van der Waals surface area (Å²) in [5, 5.41) is 0. The molecule has 1 aliphatic carbocycles. The zero-order valence-corrected chi connectivity index (χ0v) is 10.5. The zero-order valence-electron chi connectivity index (χ0n) is 10.5. The van der Waals surface area contributed by atoms with Crippen LogP contribution < -0.4 is 0 Å². The Hall–Kier alpha value is -0.370. The van der Waals surface area contributed by atoms with E-state index in [2.05, 4.69) is 0 Å². The third kappa shape index (κ3) is 2.85. The van der Waals surface area contributed by atoms with E-state index >= 15 is 0 Å². The van der Waals surface area contributed by atoms with Crippen LogP contribution in [0, 0.1) is 5.92 Å². The molecule has 2 fully saturated rings. The maximum atomic E-state index is 11.5. The van der Waals surface area contributed by atoms with E-state index in [-0.39, 0.29) is 5.60 Å². The largest absolute Gasteiger partial charge is 0.375 e. The molecule has 1 saturated heterocycles. The molecule has 0 N–H and O–H groups in total. The Labute approximate surface area is 98.7 Å². The first-order valence-corrected chi connectivity index (χ1v) is 6.90. The quantitative estimate of drug-likeness (QED) is 0.733. The molecule has 0 bridgehead atoms. The van der Waals surface area contributed by atoms with Gasteiger partial charge in [0.2, 0.25) is 0 Å². The molecule has 0 radical (unpaired) electrons. The summed E-state index contributed by atoms with van der Waals surface area (Å²) in [7, 11) is 0. The number of rotatable bonds is 3. The number of hydrogen-bond donors (Lipinski definition) is 0. The lowest BCUT2D eigenvalue weighted by molar-refractivity contribution is -0.130. The Morgan fingerprint density at radius 2 is 2.06 bits per heavy atom.